The molecular formula is C42H50F2N4O4. The summed E-state index contributed by atoms with van der Waals surface area (Å²) in [7, 11) is 0. The van der Waals surface area contributed by atoms with E-state index in [0.717, 1.165) is 82.2 Å². The summed E-state index contributed by atoms with van der Waals surface area (Å²) >= 11 is 0. The summed E-state index contributed by atoms with van der Waals surface area (Å²) in [5, 5.41) is 12.9. The molecule has 0 aliphatic carbocycles. The van der Waals surface area contributed by atoms with E-state index >= 15 is 0 Å². The lowest BCUT2D eigenvalue weighted by molar-refractivity contribution is -0.242. The number of ether oxygens (including phenoxy) is 2. The van der Waals surface area contributed by atoms with E-state index in [9.17, 15) is 18.7 Å². The van der Waals surface area contributed by atoms with Crippen molar-refractivity contribution in [3.8, 4) is 22.5 Å². The molecule has 10 heteroatoms. The molecule has 4 heterocycles. The number of hydrogen-bond donors (Lipinski definition) is 3. The largest absolute Gasteiger partial charge is 0.444 e. The van der Waals surface area contributed by atoms with Crippen LogP contribution in [0, 0.1) is 11.6 Å². The first-order valence-corrected chi connectivity index (χ1v) is 18.5. The standard InChI is InChI=1S/C42H50F2N4O4/c1-41(2,3)51-39(49)47-19-7-9-29(47)23-33-31-17-15-27(43)21-35(31)45-37(33)25-11-13-26(14-12-25)38-34(32-18-16-28(44)22-36(32)46-38)24-30-10-8-20-48(30)40(50)52-42(4,5)6/h11-18,21-22,29-30,39,45-46,49H,7-10,19-20,23-24H2,1-6H3/t29-,30-,39?/m0/s1. The second-order valence-electron chi connectivity index (χ2n) is 16.4. The molecule has 5 aromatic rings. The topological polar surface area (TPSA) is 93.8 Å². The number of H-pyrrole nitrogens is 2. The lowest BCUT2D eigenvalue weighted by Crippen LogP contribution is -2.45. The predicted molar refractivity (Wildman–Crippen MR) is 201 cm³/mol. The van der Waals surface area contributed by atoms with Gasteiger partial charge in [0.15, 0.2) is 0 Å². The number of rotatable bonds is 8. The highest BCUT2D eigenvalue weighted by atomic mass is 19.1. The molecule has 7 rings (SSSR count). The highest BCUT2D eigenvalue weighted by Crippen LogP contribution is 2.38. The number of aromatic nitrogens is 2. The van der Waals surface area contributed by atoms with Gasteiger partial charge in [-0.05, 0) is 139 Å². The third-order valence-corrected chi connectivity index (χ3v) is 10.2. The Bertz CT molecular complexity index is 2070. The molecule has 2 aliphatic rings. The van der Waals surface area contributed by atoms with Crippen molar-refractivity contribution in [2.75, 3.05) is 13.1 Å². The van der Waals surface area contributed by atoms with Gasteiger partial charge in [-0.25, -0.2) is 13.6 Å². The van der Waals surface area contributed by atoms with Crippen molar-refractivity contribution >= 4 is 27.9 Å². The van der Waals surface area contributed by atoms with E-state index in [-0.39, 0.29) is 29.8 Å². The molecule has 1 amide bonds. The lowest BCUT2D eigenvalue weighted by Gasteiger charge is -2.33. The molecule has 3 N–H and O–H groups in total. The molecule has 2 aromatic heterocycles. The number of aromatic amines is 2. The van der Waals surface area contributed by atoms with Crippen molar-refractivity contribution in [2.45, 2.75) is 110 Å². The summed E-state index contributed by atoms with van der Waals surface area (Å²) in [5.41, 5.74) is 6.10. The Labute approximate surface area is 304 Å². The molecule has 0 spiro atoms. The van der Waals surface area contributed by atoms with Crippen LogP contribution in [0.4, 0.5) is 13.6 Å². The summed E-state index contributed by atoms with van der Waals surface area (Å²) < 4.78 is 40.6. The number of carbonyl (C=O) groups is 1. The highest BCUT2D eigenvalue weighted by Gasteiger charge is 2.35. The number of amides is 1. The first-order chi connectivity index (χ1) is 24.6. The molecule has 1 unspecified atom stereocenters. The Hall–Kier alpha value is -4.25. The van der Waals surface area contributed by atoms with Crippen molar-refractivity contribution in [3.05, 3.63) is 83.4 Å². The molecule has 276 valence electrons. The minimum absolute atomic E-state index is 0.0459. The van der Waals surface area contributed by atoms with E-state index < -0.39 is 17.6 Å². The fraction of sp³-hybridized carbons (Fsp3) is 0.452. The van der Waals surface area contributed by atoms with Gasteiger partial charge in [0.1, 0.15) is 17.2 Å². The van der Waals surface area contributed by atoms with Gasteiger partial charge in [-0.1, -0.05) is 24.3 Å². The molecule has 2 saturated heterocycles. The maximum Gasteiger partial charge on any atom is 0.410 e. The quantitative estimate of drug-likeness (QED) is 0.140. The van der Waals surface area contributed by atoms with Gasteiger partial charge in [0.05, 0.1) is 5.60 Å². The summed E-state index contributed by atoms with van der Waals surface area (Å²) in [6, 6.07) is 17.9. The SMILES string of the molecule is CC(C)(C)OC(=O)N1CCC[C@H]1Cc1c(-c2ccc(-c3[nH]c4cc(F)ccc4c3C[C@@H]3CCCN3C(O)OC(C)(C)C)cc2)[nH]c2cc(F)ccc12. The van der Waals surface area contributed by atoms with Crippen molar-refractivity contribution in [3.63, 3.8) is 0 Å². The number of fused-ring (bicyclic) bond motifs is 2. The van der Waals surface area contributed by atoms with Crippen LogP contribution in [0.1, 0.15) is 78.4 Å². The maximum atomic E-state index is 14.5. The maximum absolute atomic E-state index is 14.5. The summed E-state index contributed by atoms with van der Waals surface area (Å²) in [5.74, 6) is -0.631. The van der Waals surface area contributed by atoms with E-state index in [1.165, 1.54) is 24.3 Å². The van der Waals surface area contributed by atoms with Gasteiger partial charge in [-0.15, -0.1) is 0 Å². The van der Waals surface area contributed by atoms with Gasteiger partial charge >= 0.3 is 6.09 Å². The average Bonchev–Trinajstić information content (AvgIpc) is 3.86. The minimum Gasteiger partial charge on any atom is -0.444 e. The van der Waals surface area contributed by atoms with Gasteiger partial charge in [0, 0.05) is 58.4 Å². The van der Waals surface area contributed by atoms with E-state index in [1.54, 1.807) is 0 Å². The average molecular weight is 713 g/mol. The first kappa shape index (κ1) is 36.1. The lowest BCUT2D eigenvalue weighted by atomic mass is 9.95. The zero-order valence-electron chi connectivity index (χ0n) is 31.0. The van der Waals surface area contributed by atoms with Gasteiger partial charge in [-0.2, -0.15) is 0 Å². The van der Waals surface area contributed by atoms with Crippen LogP contribution in [0.5, 0.6) is 0 Å². The molecule has 3 atom stereocenters. The number of hydrogen-bond acceptors (Lipinski definition) is 5. The first-order valence-electron chi connectivity index (χ1n) is 18.5. The Morgan fingerprint density at radius 2 is 1.27 bits per heavy atom. The molecule has 3 aromatic carbocycles. The normalized spacial score (nSPS) is 19.3. The van der Waals surface area contributed by atoms with Crippen LogP contribution < -0.4 is 0 Å². The molecule has 0 radical (unpaired) electrons. The number of carbonyl (C=O) groups excluding carboxylic acids is 1. The Morgan fingerprint density at radius 3 is 1.79 bits per heavy atom. The molecule has 2 fully saturated rings. The zero-order chi connectivity index (χ0) is 36.9. The monoisotopic (exact) mass is 712 g/mol. The molecule has 52 heavy (non-hydrogen) atoms. The van der Waals surface area contributed by atoms with Gasteiger partial charge < -0.3 is 29.4 Å². The number of aliphatic hydroxyl groups excluding tert-OH is 1. The second kappa shape index (κ2) is 14.0. The second-order valence-corrected chi connectivity index (χ2v) is 16.4. The smallest absolute Gasteiger partial charge is 0.410 e. The molecule has 8 nitrogen and oxygen atoms in total. The van der Waals surface area contributed by atoms with E-state index in [0.29, 0.717) is 24.9 Å². The Balaban J connectivity index is 1.22. The van der Waals surface area contributed by atoms with Crippen LogP contribution in [0.15, 0.2) is 60.7 Å². The van der Waals surface area contributed by atoms with Gasteiger partial charge in [-0.3, -0.25) is 4.90 Å². The Morgan fingerprint density at radius 1 is 0.769 bits per heavy atom. The number of nitrogens with zero attached hydrogens (tertiary/aromatic N) is 2. The molecule has 0 bridgehead atoms. The van der Waals surface area contributed by atoms with Gasteiger partial charge in [0.25, 0.3) is 0 Å². The zero-order valence-corrected chi connectivity index (χ0v) is 31.0. The molecule has 0 saturated carbocycles. The van der Waals surface area contributed by atoms with Crippen LogP contribution in [0.3, 0.4) is 0 Å². The summed E-state index contributed by atoms with van der Waals surface area (Å²) in [6.07, 6.45) is 3.53. The predicted octanol–water partition coefficient (Wildman–Crippen LogP) is 9.30. The van der Waals surface area contributed by atoms with Crippen LogP contribution >= 0.6 is 0 Å². The highest BCUT2D eigenvalue weighted by molar-refractivity contribution is 5.93. The third-order valence-electron chi connectivity index (χ3n) is 10.2. The van der Waals surface area contributed by atoms with E-state index in [4.69, 9.17) is 9.47 Å². The van der Waals surface area contributed by atoms with Crippen molar-refractivity contribution in [1.29, 1.82) is 0 Å². The number of halogens is 2. The number of benzene rings is 3. The van der Waals surface area contributed by atoms with Crippen LogP contribution in [-0.4, -0.2) is 73.8 Å². The van der Waals surface area contributed by atoms with Crippen molar-refractivity contribution in [2.24, 2.45) is 0 Å². The summed E-state index contributed by atoms with van der Waals surface area (Å²) in [6.45, 7) is 12.8. The molecule has 2 aliphatic heterocycles. The third kappa shape index (κ3) is 7.61. The van der Waals surface area contributed by atoms with Crippen LogP contribution in [0.2, 0.25) is 0 Å². The fourth-order valence-corrected chi connectivity index (χ4v) is 8.01. The fourth-order valence-electron chi connectivity index (χ4n) is 8.01. The van der Waals surface area contributed by atoms with Crippen molar-refractivity contribution in [1.82, 2.24) is 19.8 Å². The van der Waals surface area contributed by atoms with E-state index in [2.05, 4.69) is 34.2 Å². The number of likely N-dealkylation sites (tertiary alicyclic amines) is 2. The Kier molecular flexibility index (Phi) is 9.69. The number of nitrogens with one attached hydrogen (secondary N) is 2. The van der Waals surface area contributed by atoms with Crippen LogP contribution in [-0.2, 0) is 22.3 Å². The van der Waals surface area contributed by atoms with Crippen molar-refractivity contribution < 1.29 is 28.2 Å². The molecular weight excluding hydrogens is 662 g/mol. The van der Waals surface area contributed by atoms with Crippen LogP contribution in [0.25, 0.3) is 44.3 Å². The van der Waals surface area contributed by atoms with Gasteiger partial charge in [0.2, 0.25) is 6.41 Å². The number of aliphatic hydroxyl groups is 1. The minimum atomic E-state index is -1.02. The van der Waals surface area contributed by atoms with E-state index in [1.807, 2.05) is 63.5 Å². The summed E-state index contributed by atoms with van der Waals surface area (Å²) in [4.78, 5) is 24.0.